The summed E-state index contributed by atoms with van der Waals surface area (Å²) in [7, 11) is 0. The lowest BCUT2D eigenvalue weighted by atomic mass is 10.1. The number of aromatic nitrogens is 1. The summed E-state index contributed by atoms with van der Waals surface area (Å²) in [4.78, 5) is 24.9. The summed E-state index contributed by atoms with van der Waals surface area (Å²) in [5.41, 5.74) is 2.13. The normalized spacial score (nSPS) is 10.6. The van der Waals surface area contributed by atoms with E-state index < -0.39 is 5.97 Å². The number of carbonyl (C=O) groups is 2. The Kier molecular flexibility index (Phi) is 2.27. The highest BCUT2D eigenvalue weighted by Gasteiger charge is 2.13. The maximum Gasteiger partial charge on any atom is 0.352 e. The second kappa shape index (κ2) is 3.48. The molecular formula is C12H11NO3. The van der Waals surface area contributed by atoms with Gasteiger partial charge in [-0.2, -0.15) is 0 Å². The van der Waals surface area contributed by atoms with Crippen molar-refractivity contribution in [2.45, 2.75) is 13.8 Å². The Morgan fingerprint density at radius 3 is 2.56 bits per heavy atom. The fourth-order valence-electron chi connectivity index (χ4n) is 1.77. The molecule has 2 N–H and O–H groups in total. The highest BCUT2D eigenvalue weighted by molar-refractivity contribution is 6.01. The van der Waals surface area contributed by atoms with E-state index in [1.54, 1.807) is 25.1 Å². The number of aromatic amines is 1. The van der Waals surface area contributed by atoms with Crippen molar-refractivity contribution in [3.8, 4) is 0 Å². The number of nitrogens with one attached hydrogen (secondary N) is 1. The van der Waals surface area contributed by atoms with E-state index in [0.29, 0.717) is 16.6 Å². The van der Waals surface area contributed by atoms with Crippen LogP contribution in [0.3, 0.4) is 0 Å². The van der Waals surface area contributed by atoms with Gasteiger partial charge in [-0.05, 0) is 25.5 Å². The van der Waals surface area contributed by atoms with Crippen molar-refractivity contribution in [3.63, 3.8) is 0 Å². The van der Waals surface area contributed by atoms with Crippen molar-refractivity contribution in [2.75, 3.05) is 0 Å². The number of fused-ring (bicyclic) bond motifs is 1. The SMILES string of the molecule is CC(=O)c1ccc2c(C)c(C(=O)O)[nH]c2c1. The molecule has 0 atom stereocenters. The number of Topliss-reactive ketones (excluding diaryl/α,β-unsaturated/α-hetero) is 1. The van der Waals surface area contributed by atoms with Crippen LogP contribution in [0, 0.1) is 6.92 Å². The summed E-state index contributed by atoms with van der Waals surface area (Å²) in [5, 5.41) is 9.78. The van der Waals surface area contributed by atoms with Crippen LogP contribution in [0.4, 0.5) is 0 Å². The Morgan fingerprint density at radius 1 is 1.31 bits per heavy atom. The summed E-state index contributed by atoms with van der Waals surface area (Å²) < 4.78 is 0. The number of carboxylic acid groups (broad SMARTS) is 1. The van der Waals surface area contributed by atoms with E-state index in [4.69, 9.17) is 5.11 Å². The molecule has 16 heavy (non-hydrogen) atoms. The summed E-state index contributed by atoms with van der Waals surface area (Å²) >= 11 is 0. The van der Waals surface area contributed by atoms with E-state index in [0.717, 1.165) is 5.39 Å². The van der Waals surface area contributed by atoms with Gasteiger partial charge < -0.3 is 10.1 Å². The average Bonchev–Trinajstić information content (AvgIpc) is 2.55. The first-order chi connectivity index (χ1) is 7.50. The molecule has 0 saturated carbocycles. The van der Waals surface area contributed by atoms with Gasteiger partial charge in [0.05, 0.1) is 0 Å². The van der Waals surface area contributed by atoms with Crippen molar-refractivity contribution in [2.24, 2.45) is 0 Å². The predicted molar refractivity (Wildman–Crippen MR) is 60.0 cm³/mol. The largest absolute Gasteiger partial charge is 0.477 e. The lowest BCUT2D eigenvalue weighted by Gasteiger charge is -1.95. The predicted octanol–water partition coefficient (Wildman–Crippen LogP) is 2.38. The van der Waals surface area contributed by atoms with Gasteiger partial charge in [0.2, 0.25) is 0 Å². The van der Waals surface area contributed by atoms with Gasteiger partial charge in [0, 0.05) is 16.5 Å². The van der Waals surface area contributed by atoms with Gasteiger partial charge in [0.1, 0.15) is 5.69 Å². The molecule has 4 heteroatoms. The zero-order valence-corrected chi connectivity index (χ0v) is 9.00. The Bertz CT molecular complexity index is 596. The summed E-state index contributed by atoms with van der Waals surface area (Å²) in [6.07, 6.45) is 0. The highest BCUT2D eigenvalue weighted by atomic mass is 16.4. The van der Waals surface area contributed by atoms with Crippen LogP contribution in [0.25, 0.3) is 10.9 Å². The quantitative estimate of drug-likeness (QED) is 0.758. The Morgan fingerprint density at radius 2 is 2.00 bits per heavy atom. The third-order valence-corrected chi connectivity index (χ3v) is 2.68. The number of aryl methyl sites for hydroxylation is 1. The molecule has 0 fully saturated rings. The van der Waals surface area contributed by atoms with Crippen LogP contribution < -0.4 is 0 Å². The minimum Gasteiger partial charge on any atom is -0.477 e. The molecule has 0 aliphatic heterocycles. The molecule has 0 radical (unpaired) electrons. The summed E-state index contributed by atoms with van der Waals surface area (Å²) in [6, 6.07) is 5.15. The van der Waals surface area contributed by atoms with Crippen LogP contribution in [-0.2, 0) is 0 Å². The van der Waals surface area contributed by atoms with Gasteiger partial charge in [-0.1, -0.05) is 12.1 Å². The molecule has 0 amide bonds. The average molecular weight is 217 g/mol. The van der Waals surface area contributed by atoms with Crippen LogP contribution in [0.15, 0.2) is 18.2 Å². The standard InChI is InChI=1S/C12H11NO3/c1-6-9-4-3-8(7(2)14)5-10(9)13-11(6)12(15)16/h3-5,13H,1-2H3,(H,15,16). The Hall–Kier alpha value is -2.10. The smallest absolute Gasteiger partial charge is 0.352 e. The van der Waals surface area contributed by atoms with Gasteiger partial charge >= 0.3 is 5.97 Å². The summed E-state index contributed by atoms with van der Waals surface area (Å²) in [5.74, 6) is -1.02. The second-order valence-corrected chi connectivity index (χ2v) is 3.75. The van der Waals surface area contributed by atoms with Crippen molar-refractivity contribution >= 4 is 22.7 Å². The van der Waals surface area contributed by atoms with Gasteiger partial charge in [0.15, 0.2) is 5.78 Å². The monoisotopic (exact) mass is 217 g/mol. The van der Waals surface area contributed by atoms with E-state index in [1.165, 1.54) is 6.92 Å². The topological polar surface area (TPSA) is 70.2 Å². The third-order valence-electron chi connectivity index (χ3n) is 2.68. The molecule has 0 unspecified atom stereocenters. The first-order valence-corrected chi connectivity index (χ1v) is 4.87. The molecule has 2 rings (SSSR count). The molecule has 0 aliphatic carbocycles. The lowest BCUT2D eigenvalue weighted by Crippen LogP contribution is -1.98. The van der Waals surface area contributed by atoms with Crippen molar-refractivity contribution in [1.82, 2.24) is 4.98 Å². The molecule has 82 valence electrons. The lowest BCUT2D eigenvalue weighted by molar-refractivity contribution is 0.0690. The first kappa shape index (κ1) is 10.4. The number of ketones is 1. The van der Waals surface area contributed by atoms with Gasteiger partial charge in [-0.3, -0.25) is 4.79 Å². The minimum atomic E-state index is -0.988. The maximum atomic E-state index is 11.2. The van der Waals surface area contributed by atoms with Crippen LogP contribution in [-0.4, -0.2) is 21.8 Å². The molecule has 4 nitrogen and oxygen atoms in total. The third kappa shape index (κ3) is 1.48. The number of rotatable bonds is 2. The molecular weight excluding hydrogens is 206 g/mol. The van der Waals surface area contributed by atoms with Crippen molar-refractivity contribution < 1.29 is 14.7 Å². The fourth-order valence-corrected chi connectivity index (χ4v) is 1.77. The molecule has 1 heterocycles. The van der Waals surface area contributed by atoms with E-state index in [-0.39, 0.29) is 11.5 Å². The van der Waals surface area contributed by atoms with Crippen LogP contribution in [0.5, 0.6) is 0 Å². The van der Waals surface area contributed by atoms with Crippen LogP contribution in [0.2, 0.25) is 0 Å². The van der Waals surface area contributed by atoms with E-state index >= 15 is 0 Å². The van der Waals surface area contributed by atoms with Crippen molar-refractivity contribution in [3.05, 3.63) is 35.0 Å². The molecule has 1 aromatic heterocycles. The number of benzene rings is 1. The molecule has 2 aromatic rings. The number of hydrogen-bond acceptors (Lipinski definition) is 2. The maximum absolute atomic E-state index is 11.2. The zero-order valence-electron chi connectivity index (χ0n) is 9.00. The molecule has 0 bridgehead atoms. The van der Waals surface area contributed by atoms with Gasteiger partial charge in [0.25, 0.3) is 0 Å². The van der Waals surface area contributed by atoms with E-state index in [9.17, 15) is 9.59 Å². The Balaban J connectivity index is 2.72. The minimum absolute atomic E-state index is 0.0361. The molecule has 1 aromatic carbocycles. The number of carboxylic acids is 1. The number of aromatic carboxylic acids is 1. The van der Waals surface area contributed by atoms with Gasteiger partial charge in [-0.15, -0.1) is 0 Å². The molecule has 0 spiro atoms. The second-order valence-electron chi connectivity index (χ2n) is 3.75. The van der Waals surface area contributed by atoms with Crippen LogP contribution in [0.1, 0.15) is 33.3 Å². The number of H-pyrrole nitrogens is 1. The number of carbonyl (C=O) groups excluding carboxylic acids is 1. The van der Waals surface area contributed by atoms with E-state index in [1.807, 2.05) is 0 Å². The Labute approximate surface area is 91.9 Å². The highest BCUT2D eigenvalue weighted by Crippen LogP contribution is 2.22. The fraction of sp³-hybridized carbons (Fsp3) is 0.167. The van der Waals surface area contributed by atoms with E-state index in [2.05, 4.69) is 4.98 Å². The van der Waals surface area contributed by atoms with Gasteiger partial charge in [-0.25, -0.2) is 4.79 Å². The zero-order chi connectivity index (χ0) is 11.9. The molecule has 0 aliphatic rings. The number of hydrogen-bond donors (Lipinski definition) is 2. The first-order valence-electron chi connectivity index (χ1n) is 4.87. The van der Waals surface area contributed by atoms with Crippen molar-refractivity contribution in [1.29, 1.82) is 0 Å². The summed E-state index contributed by atoms with van der Waals surface area (Å²) in [6.45, 7) is 3.23. The molecule has 0 saturated heterocycles. The van der Waals surface area contributed by atoms with Crippen LogP contribution >= 0.6 is 0 Å².